The molecule has 3 aromatic rings. The van der Waals surface area contributed by atoms with Crippen molar-refractivity contribution in [1.29, 1.82) is 0 Å². The van der Waals surface area contributed by atoms with E-state index < -0.39 is 5.25 Å². The van der Waals surface area contributed by atoms with Crippen molar-refractivity contribution >= 4 is 40.7 Å². The van der Waals surface area contributed by atoms with E-state index in [-0.39, 0.29) is 11.7 Å². The van der Waals surface area contributed by atoms with Crippen LogP contribution in [0.1, 0.15) is 29.8 Å². The lowest BCUT2D eigenvalue weighted by Gasteiger charge is -2.15. The zero-order chi connectivity index (χ0) is 20.5. The van der Waals surface area contributed by atoms with Crippen LogP contribution in [0.5, 0.6) is 0 Å². The summed E-state index contributed by atoms with van der Waals surface area (Å²) in [6.45, 7) is 4.02. The van der Waals surface area contributed by atoms with Crippen LogP contribution in [0.3, 0.4) is 0 Å². The number of carbonyl (C=O) groups excluding carboxylic acids is 2. The van der Waals surface area contributed by atoms with Crippen molar-refractivity contribution in [3.8, 4) is 11.5 Å². The minimum atomic E-state index is -0.392. The molecule has 2 aromatic carbocycles. The third kappa shape index (κ3) is 4.06. The normalized spacial score (nSPS) is 14.0. The van der Waals surface area contributed by atoms with Gasteiger partial charge < -0.3 is 9.32 Å². The molecule has 0 aliphatic carbocycles. The van der Waals surface area contributed by atoms with Crippen LogP contribution in [0.4, 0.5) is 5.69 Å². The number of nitrogens with zero attached hydrogens (tertiary/aromatic N) is 3. The third-order valence-electron chi connectivity index (χ3n) is 4.78. The zero-order valence-electron chi connectivity index (χ0n) is 15.9. The van der Waals surface area contributed by atoms with Crippen LogP contribution < -0.4 is 4.90 Å². The molecule has 0 spiro atoms. The summed E-state index contributed by atoms with van der Waals surface area (Å²) >= 11 is 7.12. The van der Waals surface area contributed by atoms with Gasteiger partial charge in [0, 0.05) is 35.3 Å². The summed E-state index contributed by atoms with van der Waals surface area (Å²) in [5, 5.41) is 8.65. The summed E-state index contributed by atoms with van der Waals surface area (Å²) in [6, 6.07) is 12.6. The Morgan fingerprint density at radius 1 is 1.17 bits per heavy atom. The van der Waals surface area contributed by atoms with E-state index in [0.717, 1.165) is 23.2 Å². The first-order valence-electron chi connectivity index (χ1n) is 9.13. The molecule has 1 atom stereocenters. The number of ketones is 1. The Morgan fingerprint density at radius 3 is 2.66 bits per heavy atom. The molecular formula is C21H18ClN3O3S. The van der Waals surface area contributed by atoms with Gasteiger partial charge in [-0.3, -0.25) is 9.59 Å². The summed E-state index contributed by atoms with van der Waals surface area (Å²) in [7, 11) is 0. The molecule has 1 aliphatic rings. The average molecular weight is 428 g/mol. The van der Waals surface area contributed by atoms with Crippen molar-refractivity contribution in [1.82, 2.24) is 10.2 Å². The maximum atomic E-state index is 12.9. The summed E-state index contributed by atoms with van der Waals surface area (Å²) in [4.78, 5) is 26.3. The van der Waals surface area contributed by atoms with Gasteiger partial charge in [0.2, 0.25) is 11.8 Å². The molecule has 0 N–H and O–H groups in total. The quantitative estimate of drug-likeness (QED) is 0.435. The summed E-state index contributed by atoms with van der Waals surface area (Å²) in [6.07, 6.45) is 0.756. The molecule has 0 bridgehead atoms. The summed E-state index contributed by atoms with van der Waals surface area (Å²) < 4.78 is 5.68. The fraction of sp³-hybridized carbons (Fsp3) is 0.238. The van der Waals surface area contributed by atoms with Crippen molar-refractivity contribution in [3.05, 3.63) is 58.6 Å². The molecule has 0 saturated heterocycles. The number of hydrogen-bond donors (Lipinski definition) is 0. The van der Waals surface area contributed by atoms with E-state index in [1.807, 2.05) is 19.1 Å². The number of carbonyl (C=O) groups is 2. The van der Waals surface area contributed by atoms with E-state index in [9.17, 15) is 9.59 Å². The van der Waals surface area contributed by atoms with Crippen LogP contribution >= 0.6 is 23.4 Å². The fourth-order valence-electron chi connectivity index (χ4n) is 3.29. The highest BCUT2D eigenvalue weighted by molar-refractivity contribution is 8.00. The number of benzene rings is 2. The second-order valence-corrected chi connectivity index (χ2v) is 8.50. The highest BCUT2D eigenvalue weighted by Crippen LogP contribution is 2.32. The molecule has 1 amide bonds. The molecule has 0 radical (unpaired) electrons. The maximum absolute atomic E-state index is 12.9. The largest absolute Gasteiger partial charge is 0.411 e. The lowest BCUT2D eigenvalue weighted by atomic mass is 10.0. The van der Waals surface area contributed by atoms with Gasteiger partial charge >= 0.3 is 0 Å². The number of rotatable bonds is 5. The average Bonchev–Trinajstić information content (AvgIpc) is 3.34. The van der Waals surface area contributed by atoms with E-state index in [1.165, 1.54) is 11.8 Å². The lowest BCUT2D eigenvalue weighted by molar-refractivity contribution is -0.116. The van der Waals surface area contributed by atoms with Gasteiger partial charge in [0.25, 0.3) is 5.22 Å². The van der Waals surface area contributed by atoms with E-state index in [2.05, 4.69) is 10.2 Å². The molecule has 1 aliphatic heterocycles. The first-order valence-corrected chi connectivity index (χ1v) is 10.4. The van der Waals surface area contributed by atoms with Crippen LogP contribution in [0.15, 0.2) is 52.1 Å². The number of anilines is 1. The molecular weight excluding hydrogens is 410 g/mol. The van der Waals surface area contributed by atoms with Crippen LogP contribution in [-0.4, -0.2) is 33.7 Å². The Balaban J connectivity index is 1.47. The molecule has 0 fully saturated rings. The van der Waals surface area contributed by atoms with Crippen molar-refractivity contribution in [2.75, 3.05) is 11.4 Å². The highest BCUT2D eigenvalue weighted by Gasteiger charge is 2.25. The minimum Gasteiger partial charge on any atom is -0.411 e. The van der Waals surface area contributed by atoms with Crippen molar-refractivity contribution in [3.63, 3.8) is 0 Å². The summed E-state index contributed by atoms with van der Waals surface area (Å²) in [5.41, 5.74) is 3.29. The third-order valence-corrected chi connectivity index (χ3v) is 5.97. The number of aromatic nitrogens is 2. The van der Waals surface area contributed by atoms with Gasteiger partial charge in [-0.1, -0.05) is 23.4 Å². The van der Waals surface area contributed by atoms with Gasteiger partial charge in [-0.25, -0.2) is 0 Å². The molecule has 8 heteroatoms. The van der Waals surface area contributed by atoms with Gasteiger partial charge in [0.1, 0.15) is 0 Å². The topological polar surface area (TPSA) is 76.3 Å². The Bertz CT molecular complexity index is 1080. The smallest absolute Gasteiger partial charge is 0.277 e. The molecule has 6 nitrogen and oxygen atoms in total. The van der Waals surface area contributed by atoms with E-state index in [0.29, 0.717) is 28.2 Å². The first kappa shape index (κ1) is 19.7. The Morgan fingerprint density at radius 2 is 1.93 bits per heavy atom. The Labute approximate surface area is 177 Å². The Kier molecular flexibility index (Phi) is 5.43. The van der Waals surface area contributed by atoms with Gasteiger partial charge in [0.05, 0.1) is 5.25 Å². The van der Waals surface area contributed by atoms with Gasteiger partial charge in [0.15, 0.2) is 5.78 Å². The van der Waals surface area contributed by atoms with Crippen molar-refractivity contribution in [2.45, 2.75) is 30.7 Å². The molecule has 0 unspecified atom stereocenters. The monoisotopic (exact) mass is 427 g/mol. The van der Waals surface area contributed by atoms with Gasteiger partial charge in [-0.05, 0) is 61.4 Å². The molecule has 4 rings (SSSR count). The molecule has 29 heavy (non-hydrogen) atoms. The standard InChI is InChI=1S/C21H18ClN3O3S/c1-12(29-21-24-23-20(28-21)14-3-6-17(22)7-4-14)19(27)16-5-8-18-15(11-16)9-10-25(18)13(2)26/h3-8,11-12H,9-10H2,1-2H3/t12-/m0/s1. The second-order valence-electron chi connectivity index (χ2n) is 6.77. The molecule has 2 heterocycles. The molecule has 1 aromatic heterocycles. The second kappa shape index (κ2) is 8.00. The van der Waals surface area contributed by atoms with Crippen LogP contribution in [0.2, 0.25) is 5.02 Å². The predicted molar refractivity (Wildman–Crippen MR) is 113 cm³/mol. The number of Topliss-reactive ketones (excluding diaryl/α,β-unsaturated/α-hetero) is 1. The van der Waals surface area contributed by atoms with E-state index in [4.69, 9.17) is 16.0 Å². The predicted octanol–water partition coefficient (Wildman–Crippen LogP) is 4.66. The van der Waals surface area contributed by atoms with Gasteiger partial charge in [-0.2, -0.15) is 0 Å². The lowest BCUT2D eigenvalue weighted by Crippen LogP contribution is -2.25. The fourth-order valence-corrected chi connectivity index (χ4v) is 4.17. The number of halogens is 1. The van der Waals surface area contributed by atoms with Crippen LogP contribution in [0, 0.1) is 0 Å². The number of fused-ring (bicyclic) bond motifs is 1. The SMILES string of the molecule is CC(=O)N1CCc2cc(C(=O)[C@H](C)Sc3nnc(-c4ccc(Cl)cc4)o3)ccc21. The Hall–Kier alpha value is -2.64. The summed E-state index contributed by atoms with van der Waals surface area (Å²) in [5.74, 6) is 0.371. The number of hydrogen-bond acceptors (Lipinski definition) is 6. The van der Waals surface area contributed by atoms with E-state index in [1.54, 1.807) is 42.2 Å². The number of amides is 1. The molecule has 148 valence electrons. The number of thioether (sulfide) groups is 1. The molecule has 0 saturated carbocycles. The van der Waals surface area contributed by atoms with Gasteiger partial charge in [-0.15, -0.1) is 10.2 Å². The minimum absolute atomic E-state index is 0.0136. The maximum Gasteiger partial charge on any atom is 0.277 e. The zero-order valence-corrected chi connectivity index (χ0v) is 17.5. The van der Waals surface area contributed by atoms with Crippen LogP contribution in [0.25, 0.3) is 11.5 Å². The van der Waals surface area contributed by atoms with Crippen molar-refractivity contribution in [2.24, 2.45) is 0 Å². The first-order chi connectivity index (χ1) is 13.9. The van der Waals surface area contributed by atoms with E-state index >= 15 is 0 Å². The highest BCUT2D eigenvalue weighted by atomic mass is 35.5. The van der Waals surface area contributed by atoms with Crippen molar-refractivity contribution < 1.29 is 14.0 Å². The van der Waals surface area contributed by atoms with Crippen LogP contribution in [-0.2, 0) is 11.2 Å².